The number of hydrogen-bond donors (Lipinski definition) is 2. The highest BCUT2D eigenvalue weighted by atomic mass is 32.2. The van der Waals surface area contributed by atoms with Crippen molar-refractivity contribution in [3.63, 3.8) is 0 Å². The number of hydrogen-bond acceptors (Lipinski definition) is 8. The van der Waals surface area contributed by atoms with Crippen molar-refractivity contribution in [2.45, 2.75) is 48.6 Å². The van der Waals surface area contributed by atoms with Crippen molar-refractivity contribution in [1.82, 2.24) is 9.97 Å². The SMILES string of the molecule is C=C1Nc2ccccc2C2(CCN(c3nc4c(c(NC5CCOCC5)n3)[S+]([O-])CC4)CC2)O1. The molecule has 1 unspecified atom stereocenters. The predicted octanol–water partition coefficient (Wildman–Crippen LogP) is 3.14. The summed E-state index contributed by atoms with van der Waals surface area (Å²) in [6, 6.07) is 8.60. The molecule has 1 aromatic carbocycles. The Morgan fingerprint density at radius 1 is 1.18 bits per heavy atom. The third kappa shape index (κ3) is 3.82. The Labute approximate surface area is 197 Å². The molecule has 6 rings (SSSR count). The Hall–Kier alpha value is -2.49. The summed E-state index contributed by atoms with van der Waals surface area (Å²) >= 11 is -1.04. The van der Waals surface area contributed by atoms with Crippen molar-refractivity contribution in [2.24, 2.45) is 0 Å². The summed E-state index contributed by atoms with van der Waals surface area (Å²) in [5.41, 5.74) is 2.80. The molecule has 8 nitrogen and oxygen atoms in total. The van der Waals surface area contributed by atoms with Crippen molar-refractivity contribution in [2.75, 3.05) is 47.6 Å². The van der Waals surface area contributed by atoms with Gasteiger partial charge in [0, 0.05) is 62.9 Å². The monoisotopic (exact) mass is 467 g/mol. The standard InChI is InChI=1S/C24H29N5O3S/c1-16-25-19-5-3-2-4-18(19)24(32-16)9-11-29(12-10-24)23-27-20-8-15-33(30)21(20)22(28-23)26-17-6-13-31-14-7-17/h2-5,17,25H,1,6-15H2,(H,26,27,28). The van der Waals surface area contributed by atoms with Gasteiger partial charge in [-0.15, -0.1) is 0 Å². The number of para-hydroxylation sites is 1. The summed E-state index contributed by atoms with van der Waals surface area (Å²) in [4.78, 5) is 12.8. The summed E-state index contributed by atoms with van der Waals surface area (Å²) in [7, 11) is 0. The van der Waals surface area contributed by atoms with Crippen LogP contribution in [0, 0.1) is 0 Å². The van der Waals surface area contributed by atoms with Crippen molar-refractivity contribution in [1.29, 1.82) is 0 Å². The molecule has 4 aliphatic heterocycles. The first-order valence-corrected chi connectivity index (χ1v) is 13.1. The molecule has 1 atom stereocenters. The Morgan fingerprint density at radius 2 is 1.97 bits per heavy atom. The van der Waals surface area contributed by atoms with E-state index < -0.39 is 11.2 Å². The van der Waals surface area contributed by atoms with Gasteiger partial charge in [0.05, 0.1) is 0 Å². The van der Waals surface area contributed by atoms with Crippen LogP contribution in [0.15, 0.2) is 41.6 Å². The van der Waals surface area contributed by atoms with Crippen LogP contribution in [0.5, 0.6) is 0 Å². The van der Waals surface area contributed by atoms with Gasteiger partial charge in [-0.1, -0.05) is 18.2 Å². The van der Waals surface area contributed by atoms with Crippen LogP contribution in [-0.4, -0.2) is 52.6 Å². The molecule has 0 saturated carbocycles. The van der Waals surface area contributed by atoms with E-state index in [0.717, 1.165) is 86.5 Å². The van der Waals surface area contributed by atoms with Crippen LogP contribution in [0.1, 0.15) is 36.9 Å². The summed E-state index contributed by atoms with van der Waals surface area (Å²) < 4.78 is 24.5. The zero-order chi connectivity index (χ0) is 22.4. The molecule has 9 heteroatoms. The maximum atomic E-state index is 12.7. The van der Waals surface area contributed by atoms with Crippen molar-refractivity contribution in [3.05, 3.63) is 48.0 Å². The lowest BCUT2D eigenvalue weighted by atomic mass is 9.82. The van der Waals surface area contributed by atoms with Gasteiger partial charge in [-0.05, 0) is 36.7 Å². The van der Waals surface area contributed by atoms with Crippen LogP contribution in [0.3, 0.4) is 0 Å². The lowest BCUT2D eigenvalue weighted by Crippen LogP contribution is -2.47. The molecule has 0 aliphatic carbocycles. The highest BCUT2D eigenvalue weighted by molar-refractivity contribution is 7.91. The van der Waals surface area contributed by atoms with Crippen LogP contribution in [0.25, 0.3) is 0 Å². The lowest BCUT2D eigenvalue weighted by molar-refractivity contribution is -0.0257. The highest BCUT2D eigenvalue weighted by Gasteiger charge is 2.43. The topological polar surface area (TPSA) is 94.6 Å². The Morgan fingerprint density at radius 3 is 2.79 bits per heavy atom. The largest absolute Gasteiger partial charge is 0.611 e. The van der Waals surface area contributed by atoms with Crippen LogP contribution in [0.4, 0.5) is 17.5 Å². The fraction of sp³-hybridized carbons (Fsp3) is 0.500. The maximum Gasteiger partial charge on any atom is 0.227 e. The molecule has 2 saturated heterocycles. The fourth-order valence-corrected chi connectivity index (χ4v) is 6.67. The molecule has 1 aromatic heterocycles. The lowest BCUT2D eigenvalue weighted by Gasteiger charge is -2.45. The molecule has 0 bridgehead atoms. The number of aryl methyl sites for hydroxylation is 1. The zero-order valence-electron chi connectivity index (χ0n) is 18.6. The first-order chi connectivity index (χ1) is 16.1. The number of nitrogens with one attached hydrogen (secondary N) is 2. The first-order valence-electron chi connectivity index (χ1n) is 11.7. The zero-order valence-corrected chi connectivity index (χ0v) is 19.5. The molecule has 4 aliphatic rings. The van der Waals surface area contributed by atoms with E-state index >= 15 is 0 Å². The molecule has 1 spiro atoms. The van der Waals surface area contributed by atoms with Crippen molar-refractivity contribution >= 4 is 28.6 Å². The van der Waals surface area contributed by atoms with Gasteiger partial charge >= 0.3 is 0 Å². The molecule has 2 N–H and O–H groups in total. The Kier molecular flexibility index (Phi) is 5.35. The third-order valence-electron chi connectivity index (χ3n) is 7.10. The molecule has 174 valence electrons. The molecule has 5 heterocycles. The number of rotatable bonds is 3. The Balaban J connectivity index is 1.26. The second-order valence-corrected chi connectivity index (χ2v) is 10.7. The van der Waals surface area contributed by atoms with Gasteiger partial charge in [-0.25, -0.2) is 4.98 Å². The van der Waals surface area contributed by atoms with Crippen LogP contribution in [-0.2, 0) is 32.7 Å². The van der Waals surface area contributed by atoms with E-state index in [-0.39, 0.29) is 5.60 Å². The second-order valence-electron chi connectivity index (χ2n) is 9.16. The molecule has 2 aromatic rings. The van der Waals surface area contributed by atoms with Crippen LogP contribution < -0.4 is 15.5 Å². The minimum Gasteiger partial charge on any atom is -0.611 e. The van der Waals surface area contributed by atoms with E-state index in [0.29, 0.717) is 17.7 Å². The summed E-state index contributed by atoms with van der Waals surface area (Å²) in [6.45, 7) is 7.09. The van der Waals surface area contributed by atoms with E-state index in [1.807, 2.05) is 6.07 Å². The Bertz CT molecular complexity index is 1070. The molecule has 2 fully saturated rings. The highest BCUT2D eigenvalue weighted by Crippen LogP contribution is 2.45. The molecular weight excluding hydrogens is 438 g/mol. The summed E-state index contributed by atoms with van der Waals surface area (Å²) in [5.74, 6) is 2.69. The molecule has 0 amide bonds. The number of benzene rings is 1. The first kappa shape index (κ1) is 21.1. The van der Waals surface area contributed by atoms with Gasteiger partial charge in [-0.2, -0.15) is 4.98 Å². The van der Waals surface area contributed by atoms with E-state index in [1.165, 1.54) is 5.56 Å². The van der Waals surface area contributed by atoms with E-state index in [9.17, 15) is 4.55 Å². The average molecular weight is 468 g/mol. The fourth-order valence-electron chi connectivity index (χ4n) is 5.35. The summed E-state index contributed by atoms with van der Waals surface area (Å²) in [6.07, 6.45) is 4.24. The smallest absolute Gasteiger partial charge is 0.227 e. The number of fused-ring (bicyclic) bond motifs is 3. The van der Waals surface area contributed by atoms with E-state index in [2.05, 4.69) is 40.3 Å². The molecule has 0 radical (unpaired) electrons. The second kappa shape index (κ2) is 8.38. The van der Waals surface area contributed by atoms with E-state index in [1.54, 1.807) is 0 Å². The van der Waals surface area contributed by atoms with Crippen LogP contribution in [0.2, 0.25) is 0 Å². The van der Waals surface area contributed by atoms with Gasteiger partial charge in [-0.3, -0.25) is 0 Å². The number of piperidine rings is 1. The average Bonchev–Trinajstić information content (AvgIpc) is 3.21. The van der Waals surface area contributed by atoms with Crippen LogP contribution >= 0.6 is 0 Å². The van der Waals surface area contributed by atoms with Crippen molar-refractivity contribution < 1.29 is 14.0 Å². The van der Waals surface area contributed by atoms with E-state index in [4.69, 9.17) is 19.4 Å². The van der Waals surface area contributed by atoms with Gasteiger partial charge in [0.1, 0.15) is 17.0 Å². The van der Waals surface area contributed by atoms with Gasteiger partial charge in [0.25, 0.3) is 0 Å². The quantitative estimate of drug-likeness (QED) is 0.665. The minimum absolute atomic E-state index is 0.290. The van der Waals surface area contributed by atoms with Gasteiger partial charge in [0.2, 0.25) is 10.8 Å². The van der Waals surface area contributed by atoms with Gasteiger partial charge < -0.3 is 29.6 Å². The van der Waals surface area contributed by atoms with Gasteiger partial charge in [0.15, 0.2) is 11.7 Å². The maximum absolute atomic E-state index is 12.7. The summed E-state index contributed by atoms with van der Waals surface area (Å²) in [5, 5.41) is 6.82. The molecule has 33 heavy (non-hydrogen) atoms. The van der Waals surface area contributed by atoms with Crippen molar-refractivity contribution in [3.8, 4) is 0 Å². The predicted molar refractivity (Wildman–Crippen MR) is 128 cm³/mol. The molecular formula is C24H29N5O3S. The number of ether oxygens (including phenoxy) is 2. The number of anilines is 3. The normalized spacial score (nSPS) is 24.1. The number of nitrogens with zero attached hydrogens (tertiary/aromatic N) is 3. The minimum atomic E-state index is -1.04. The third-order valence-corrected chi connectivity index (χ3v) is 8.56. The number of aromatic nitrogens is 2.